The van der Waals surface area contributed by atoms with Crippen molar-refractivity contribution >= 4 is 23.3 Å². The van der Waals surface area contributed by atoms with Crippen LogP contribution in [0.2, 0.25) is 0 Å². The highest BCUT2D eigenvalue weighted by atomic mass is 19.1. The van der Waals surface area contributed by atoms with Gasteiger partial charge < -0.3 is 15.2 Å². The van der Waals surface area contributed by atoms with Gasteiger partial charge in [-0.25, -0.2) is 13.7 Å². The number of carbonyl (C=O) groups is 1. The summed E-state index contributed by atoms with van der Waals surface area (Å²) in [4.78, 5) is 15.7. The van der Waals surface area contributed by atoms with E-state index in [9.17, 15) is 9.18 Å². The zero-order valence-corrected chi connectivity index (χ0v) is 15.5. The Morgan fingerprint density at radius 1 is 1.21 bits per heavy atom. The van der Waals surface area contributed by atoms with Crippen LogP contribution in [0, 0.1) is 0 Å². The van der Waals surface area contributed by atoms with Crippen molar-refractivity contribution in [3.05, 3.63) is 71.9 Å². The maximum Gasteiger partial charge on any atom is 0.336 e. The first-order valence-corrected chi connectivity index (χ1v) is 8.78. The summed E-state index contributed by atoms with van der Waals surface area (Å²) < 4.78 is 20.0. The molecule has 2 heterocycles. The largest absolute Gasteiger partial charge is 0.497 e. The van der Waals surface area contributed by atoms with E-state index >= 15 is 0 Å². The van der Waals surface area contributed by atoms with Crippen LogP contribution in [0.1, 0.15) is 15.9 Å². The van der Waals surface area contributed by atoms with Gasteiger partial charge in [0.1, 0.15) is 12.4 Å². The van der Waals surface area contributed by atoms with Gasteiger partial charge in [0.05, 0.1) is 12.7 Å². The molecule has 0 aliphatic heterocycles. The zero-order valence-electron chi connectivity index (χ0n) is 15.5. The summed E-state index contributed by atoms with van der Waals surface area (Å²) in [7, 11) is 1.61. The average molecular weight is 392 g/mol. The van der Waals surface area contributed by atoms with E-state index in [0.29, 0.717) is 17.3 Å². The van der Waals surface area contributed by atoms with Crippen molar-refractivity contribution in [1.82, 2.24) is 14.6 Å². The fourth-order valence-electron chi connectivity index (χ4n) is 3.07. The van der Waals surface area contributed by atoms with Crippen LogP contribution in [0.25, 0.3) is 16.8 Å². The van der Waals surface area contributed by atoms with Gasteiger partial charge in [0.25, 0.3) is 0 Å². The van der Waals surface area contributed by atoms with Gasteiger partial charge in [-0.15, -0.1) is 5.10 Å². The van der Waals surface area contributed by atoms with Crippen molar-refractivity contribution in [3.8, 4) is 16.9 Å². The third kappa shape index (κ3) is 3.60. The van der Waals surface area contributed by atoms with Crippen molar-refractivity contribution < 1.29 is 19.0 Å². The number of fused-ring (bicyclic) bond motifs is 1. The first kappa shape index (κ1) is 18.4. The molecule has 2 aromatic heterocycles. The molecule has 4 aromatic rings. The molecule has 0 unspecified atom stereocenters. The minimum Gasteiger partial charge on any atom is -0.497 e. The van der Waals surface area contributed by atoms with E-state index in [1.807, 2.05) is 36.4 Å². The number of aromatic carboxylic acids is 1. The van der Waals surface area contributed by atoms with Crippen molar-refractivity contribution in [2.24, 2.45) is 0 Å². The zero-order chi connectivity index (χ0) is 20.4. The summed E-state index contributed by atoms with van der Waals surface area (Å²) in [5.74, 6) is -0.0870. The van der Waals surface area contributed by atoms with Crippen LogP contribution in [0.5, 0.6) is 5.75 Å². The number of nitrogens with one attached hydrogen (secondary N) is 1. The summed E-state index contributed by atoms with van der Waals surface area (Å²) in [6.07, 6.45) is 1.78. The predicted octanol–water partition coefficient (Wildman–Crippen LogP) is 4.32. The van der Waals surface area contributed by atoms with Crippen molar-refractivity contribution in [3.63, 3.8) is 0 Å². The molecule has 0 aliphatic carbocycles. The second-order valence-corrected chi connectivity index (χ2v) is 6.29. The van der Waals surface area contributed by atoms with Gasteiger partial charge in [0.15, 0.2) is 5.65 Å². The lowest BCUT2D eigenvalue weighted by molar-refractivity contribution is 0.0695. The molecule has 0 fully saturated rings. The highest BCUT2D eigenvalue weighted by Gasteiger charge is 2.13. The third-order valence-corrected chi connectivity index (χ3v) is 4.50. The van der Waals surface area contributed by atoms with Gasteiger partial charge in [-0.1, -0.05) is 12.1 Å². The fraction of sp³-hybridized carbons (Fsp3) is 0.0952. The van der Waals surface area contributed by atoms with E-state index in [-0.39, 0.29) is 11.1 Å². The molecule has 7 nitrogen and oxygen atoms in total. The van der Waals surface area contributed by atoms with Crippen LogP contribution in [0.3, 0.4) is 0 Å². The van der Waals surface area contributed by atoms with Crippen LogP contribution in [-0.2, 0) is 6.67 Å². The van der Waals surface area contributed by atoms with Gasteiger partial charge in [-0.05, 0) is 53.6 Å². The van der Waals surface area contributed by atoms with Crippen LogP contribution < -0.4 is 10.1 Å². The van der Waals surface area contributed by atoms with E-state index in [0.717, 1.165) is 16.9 Å². The number of aromatic nitrogens is 3. The molecule has 0 amide bonds. The first-order valence-electron chi connectivity index (χ1n) is 8.78. The van der Waals surface area contributed by atoms with Gasteiger partial charge in [-0.2, -0.15) is 4.98 Å². The summed E-state index contributed by atoms with van der Waals surface area (Å²) in [5.41, 5.74) is 3.02. The maximum atomic E-state index is 13.2. The molecule has 0 saturated carbocycles. The van der Waals surface area contributed by atoms with Crippen LogP contribution in [0.4, 0.5) is 16.0 Å². The molecule has 2 aromatic carbocycles. The lowest BCUT2D eigenvalue weighted by Crippen LogP contribution is -2.02. The SMILES string of the molecule is COc1ccc(-c2cccn3nc(Nc4ccc(C(=O)O)c(CF)c4)nc23)cc1. The second-order valence-electron chi connectivity index (χ2n) is 6.29. The van der Waals surface area contributed by atoms with Gasteiger partial charge in [0.2, 0.25) is 5.95 Å². The van der Waals surface area contributed by atoms with Crippen molar-refractivity contribution in [1.29, 1.82) is 0 Å². The number of hydrogen-bond donors (Lipinski definition) is 2. The predicted molar refractivity (Wildman–Crippen MR) is 106 cm³/mol. The van der Waals surface area contributed by atoms with E-state index in [1.165, 1.54) is 12.1 Å². The van der Waals surface area contributed by atoms with E-state index in [2.05, 4.69) is 15.4 Å². The third-order valence-electron chi connectivity index (χ3n) is 4.50. The van der Waals surface area contributed by atoms with Gasteiger partial charge in [0, 0.05) is 17.4 Å². The van der Waals surface area contributed by atoms with Gasteiger partial charge >= 0.3 is 5.97 Å². The van der Waals surface area contributed by atoms with E-state index in [1.54, 1.807) is 23.9 Å². The molecule has 0 atom stereocenters. The smallest absolute Gasteiger partial charge is 0.336 e. The maximum absolute atomic E-state index is 13.2. The number of halogens is 1. The summed E-state index contributed by atoms with van der Waals surface area (Å²) in [5, 5.41) is 16.5. The van der Waals surface area contributed by atoms with Crippen LogP contribution in [0.15, 0.2) is 60.8 Å². The number of rotatable bonds is 6. The van der Waals surface area contributed by atoms with E-state index < -0.39 is 12.6 Å². The number of nitrogens with zero attached hydrogens (tertiary/aromatic N) is 3. The number of pyridine rings is 1. The molecule has 0 bridgehead atoms. The Labute approximate surface area is 165 Å². The second kappa shape index (κ2) is 7.59. The quantitative estimate of drug-likeness (QED) is 0.508. The summed E-state index contributed by atoms with van der Waals surface area (Å²) >= 11 is 0. The Kier molecular flexibility index (Phi) is 4.82. The van der Waals surface area contributed by atoms with Gasteiger partial charge in [-0.3, -0.25) is 0 Å². The number of carboxylic acids is 1. The normalized spacial score (nSPS) is 10.8. The highest BCUT2D eigenvalue weighted by Crippen LogP contribution is 2.27. The number of benzene rings is 2. The summed E-state index contributed by atoms with van der Waals surface area (Å²) in [6.45, 7) is -0.878. The summed E-state index contributed by atoms with van der Waals surface area (Å²) in [6, 6.07) is 15.8. The monoisotopic (exact) mass is 392 g/mol. The van der Waals surface area contributed by atoms with Crippen molar-refractivity contribution in [2.45, 2.75) is 6.67 Å². The molecule has 8 heteroatoms. The molecular weight excluding hydrogens is 375 g/mol. The number of methoxy groups -OCH3 is 1. The number of ether oxygens (including phenoxy) is 1. The van der Waals surface area contributed by atoms with E-state index in [4.69, 9.17) is 9.84 Å². The molecule has 4 rings (SSSR count). The topological polar surface area (TPSA) is 88.8 Å². The Hall–Kier alpha value is -3.94. The number of alkyl halides is 1. The minimum atomic E-state index is -1.17. The molecule has 146 valence electrons. The highest BCUT2D eigenvalue weighted by molar-refractivity contribution is 5.90. The minimum absolute atomic E-state index is 0.0668. The Bertz CT molecular complexity index is 1190. The Morgan fingerprint density at radius 2 is 2.00 bits per heavy atom. The lowest BCUT2D eigenvalue weighted by atomic mass is 10.1. The lowest BCUT2D eigenvalue weighted by Gasteiger charge is -2.06. The standard InChI is InChI=1S/C21H17FN4O3/c1-29-16-7-4-13(5-8-16)17-3-2-10-26-19(17)24-21(25-26)23-15-6-9-18(20(27)28)14(11-15)12-22/h2-11H,12H2,1H3,(H,23,25)(H,27,28). The molecule has 29 heavy (non-hydrogen) atoms. The Balaban J connectivity index is 1.68. The van der Waals surface area contributed by atoms with Crippen LogP contribution in [-0.4, -0.2) is 32.8 Å². The molecule has 2 N–H and O–H groups in total. The molecule has 0 radical (unpaired) electrons. The van der Waals surface area contributed by atoms with Crippen molar-refractivity contribution in [2.75, 3.05) is 12.4 Å². The average Bonchev–Trinajstić information content (AvgIpc) is 3.16. The molecular formula is C21H17FN4O3. The number of anilines is 2. The first-order chi connectivity index (χ1) is 14.1. The molecule has 0 saturated heterocycles. The Morgan fingerprint density at radius 3 is 2.69 bits per heavy atom. The fourth-order valence-corrected chi connectivity index (χ4v) is 3.07. The number of hydrogen-bond acceptors (Lipinski definition) is 5. The van der Waals surface area contributed by atoms with Crippen LogP contribution >= 0.6 is 0 Å². The molecule has 0 spiro atoms. The molecule has 0 aliphatic rings. The number of carboxylic acid groups (broad SMARTS) is 1.